The third-order valence-electron chi connectivity index (χ3n) is 1.45. The van der Waals surface area contributed by atoms with Crippen LogP contribution in [0.2, 0.25) is 0 Å². The van der Waals surface area contributed by atoms with E-state index in [2.05, 4.69) is 6.92 Å². The maximum Gasteiger partial charge on any atom is 1.00 e. The van der Waals surface area contributed by atoms with Crippen LogP contribution >= 0.6 is 0 Å². The van der Waals surface area contributed by atoms with Crippen LogP contribution in [0, 0.1) is 6.92 Å². The number of hydrogen-bond donors (Lipinski definition) is 4. The van der Waals surface area contributed by atoms with Crippen LogP contribution in [0.15, 0.2) is 0 Å². The van der Waals surface area contributed by atoms with Gasteiger partial charge in [-0.3, -0.25) is 9.11 Å². The van der Waals surface area contributed by atoms with Gasteiger partial charge >= 0.3 is 61.8 Å². The van der Waals surface area contributed by atoms with E-state index < -0.39 is 22.6 Å². The number of aliphatic hydroxyl groups excluding tert-OH is 2. The minimum absolute atomic E-state index is 0. The molecule has 1 heterocycles. The first-order valence-corrected chi connectivity index (χ1v) is 5.10. The van der Waals surface area contributed by atoms with Crippen molar-refractivity contribution >= 4 is 10.4 Å². The second-order valence-electron chi connectivity index (χ2n) is 2.78. The van der Waals surface area contributed by atoms with Crippen LogP contribution < -0.4 is 51.4 Å². The van der Waals surface area contributed by atoms with Crippen LogP contribution in [0.3, 0.4) is 0 Å². The zero-order chi connectivity index (χ0) is 11.4. The Bertz CT molecular complexity index is 246. The van der Waals surface area contributed by atoms with E-state index in [4.69, 9.17) is 32.5 Å². The SMILES string of the molecule is O=S(=O)(O)O.[CH2-]C1OCC(O)CC1O.[K+]. The Morgan fingerprint density at radius 3 is 1.93 bits per heavy atom. The summed E-state index contributed by atoms with van der Waals surface area (Å²) < 4.78 is 36.5. The minimum atomic E-state index is -4.67. The average molecular weight is 268 g/mol. The molecular formula is C6H13KO7S. The molecule has 0 saturated carbocycles. The van der Waals surface area contributed by atoms with Crippen LogP contribution in [0.5, 0.6) is 0 Å². The Balaban J connectivity index is 0. The Morgan fingerprint density at radius 1 is 1.27 bits per heavy atom. The first-order valence-electron chi connectivity index (χ1n) is 3.71. The number of hydrogen-bond acceptors (Lipinski definition) is 5. The molecule has 3 unspecified atom stereocenters. The summed E-state index contributed by atoms with van der Waals surface area (Å²) in [6, 6.07) is 0. The summed E-state index contributed by atoms with van der Waals surface area (Å²) in [7, 11) is -4.67. The van der Waals surface area contributed by atoms with Crippen molar-refractivity contribution in [1.82, 2.24) is 0 Å². The van der Waals surface area contributed by atoms with Crippen LogP contribution in [0.1, 0.15) is 6.42 Å². The molecule has 3 atom stereocenters. The summed E-state index contributed by atoms with van der Waals surface area (Å²) in [4.78, 5) is 0. The number of rotatable bonds is 0. The molecule has 1 aliphatic heterocycles. The smallest absolute Gasteiger partial charge is 0.405 e. The number of ether oxygens (including phenoxy) is 1. The molecule has 15 heavy (non-hydrogen) atoms. The monoisotopic (exact) mass is 268 g/mol. The van der Waals surface area contributed by atoms with E-state index in [0.717, 1.165) is 0 Å². The van der Waals surface area contributed by atoms with E-state index in [1.165, 1.54) is 0 Å². The molecule has 7 nitrogen and oxygen atoms in total. The van der Waals surface area contributed by atoms with Gasteiger partial charge in [0.1, 0.15) is 0 Å². The standard InChI is InChI=1S/C6H11O3.K.H2O4S/c1-4-6(8)2-5(7)3-9-4;;1-5(2,3)4/h4-8H,1-3H2;;(H2,1,2,3,4)/q-1;+1;. The fourth-order valence-electron chi connectivity index (χ4n) is 0.844. The minimum Gasteiger partial charge on any atom is -0.405 e. The Morgan fingerprint density at radius 2 is 1.67 bits per heavy atom. The van der Waals surface area contributed by atoms with Gasteiger partial charge in [0.15, 0.2) is 0 Å². The Labute approximate surface area is 131 Å². The first kappa shape index (κ1) is 18.7. The Kier molecular flexibility index (Phi) is 10.6. The molecule has 1 saturated heterocycles. The maximum absolute atomic E-state index is 9.00. The summed E-state index contributed by atoms with van der Waals surface area (Å²) in [5, 5.41) is 17.9. The van der Waals surface area contributed by atoms with Crippen LogP contribution in [0.4, 0.5) is 0 Å². The van der Waals surface area contributed by atoms with E-state index in [-0.39, 0.29) is 57.5 Å². The Hall–Kier alpha value is 1.39. The molecule has 0 aromatic carbocycles. The molecule has 0 bridgehead atoms. The van der Waals surface area contributed by atoms with Crippen molar-refractivity contribution in [3.63, 3.8) is 0 Å². The summed E-state index contributed by atoms with van der Waals surface area (Å²) >= 11 is 0. The first-order chi connectivity index (χ1) is 6.20. The molecular weight excluding hydrogens is 255 g/mol. The maximum atomic E-state index is 9.00. The van der Waals surface area contributed by atoms with Gasteiger partial charge in [0.05, 0.1) is 18.8 Å². The van der Waals surface area contributed by atoms with Crippen molar-refractivity contribution in [2.24, 2.45) is 0 Å². The van der Waals surface area contributed by atoms with E-state index >= 15 is 0 Å². The van der Waals surface area contributed by atoms with Crippen LogP contribution in [-0.4, -0.2) is 52.7 Å². The largest absolute Gasteiger partial charge is 1.00 e. The van der Waals surface area contributed by atoms with Crippen molar-refractivity contribution in [2.45, 2.75) is 24.7 Å². The molecule has 0 aromatic heterocycles. The van der Waals surface area contributed by atoms with E-state index in [1.807, 2.05) is 0 Å². The molecule has 86 valence electrons. The normalized spacial score (nSPS) is 30.9. The summed E-state index contributed by atoms with van der Waals surface area (Å²) in [6.45, 7) is 3.83. The molecule has 0 amide bonds. The van der Waals surface area contributed by atoms with Gasteiger partial charge in [-0.05, 0) is 6.10 Å². The zero-order valence-corrected chi connectivity index (χ0v) is 12.2. The summed E-state index contributed by atoms with van der Waals surface area (Å²) in [5.41, 5.74) is 0. The van der Waals surface area contributed by atoms with E-state index in [9.17, 15) is 0 Å². The van der Waals surface area contributed by atoms with Gasteiger partial charge in [0.2, 0.25) is 0 Å². The molecule has 1 aliphatic rings. The van der Waals surface area contributed by atoms with Crippen LogP contribution in [-0.2, 0) is 15.1 Å². The van der Waals surface area contributed by atoms with Gasteiger partial charge in [-0.15, -0.1) is 0 Å². The molecule has 0 aromatic rings. The quantitative estimate of drug-likeness (QED) is 0.199. The van der Waals surface area contributed by atoms with Gasteiger partial charge < -0.3 is 21.9 Å². The fourth-order valence-corrected chi connectivity index (χ4v) is 0.844. The van der Waals surface area contributed by atoms with Crippen LogP contribution in [0.25, 0.3) is 0 Å². The van der Waals surface area contributed by atoms with Gasteiger partial charge in [0, 0.05) is 6.42 Å². The van der Waals surface area contributed by atoms with E-state index in [1.54, 1.807) is 0 Å². The third-order valence-corrected chi connectivity index (χ3v) is 1.45. The van der Waals surface area contributed by atoms with Crippen molar-refractivity contribution in [3.05, 3.63) is 6.92 Å². The van der Waals surface area contributed by atoms with Crippen molar-refractivity contribution in [1.29, 1.82) is 0 Å². The fraction of sp³-hybridized carbons (Fsp3) is 0.833. The molecule has 0 spiro atoms. The topological polar surface area (TPSA) is 124 Å². The number of aliphatic hydroxyl groups is 2. The van der Waals surface area contributed by atoms with Crippen molar-refractivity contribution in [2.75, 3.05) is 6.61 Å². The van der Waals surface area contributed by atoms with Crippen molar-refractivity contribution < 1.29 is 83.9 Å². The van der Waals surface area contributed by atoms with Gasteiger partial charge in [-0.1, -0.05) is 0 Å². The molecule has 9 heteroatoms. The third kappa shape index (κ3) is 13.3. The molecule has 1 rings (SSSR count). The molecule has 0 aliphatic carbocycles. The second-order valence-corrected chi connectivity index (χ2v) is 3.67. The summed E-state index contributed by atoms with van der Waals surface area (Å²) in [5.74, 6) is 0. The molecule has 4 N–H and O–H groups in total. The summed E-state index contributed by atoms with van der Waals surface area (Å²) in [6.07, 6.45) is -1.10. The zero-order valence-electron chi connectivity index (χ0n) is 8.28. The van der Waals surface area contributed by atoms with Gasteiger partial charge in [0.25, 0.3) is 0 Å². The van der Waals surface area contributed by atoms with Gasteiger partial charge in [-0.2, -0.15) is 8.42 Å². The predicted molar refractivity (Wildman–Crippen MR) is 45.9 cm³/mol. The van der Waals surface area contributed by atoms with E-state index in [0.29, 0.717) is 13.0 Å². The average Bonchev–Trinajstić information content (AvgIpc) is 1.94. The molecule has 0 radical (unpaired) electrons. The predicted octanol–water partition coefficient (Wildman–Crippen LogP) is -4.32. The van der Waals surface area contributed by atoms with Gasteiger partial charge in [-0.25, -0.2) is 0 Å². The van der Waals surface area contributed by atoms with Crippen molar-refractivity contribution in [3.8, 4) is 0 Å². The molecule has 1 fully saturated rings. The second kappa shape index (κ2) is 8.47.